The Morgan fingerprint density at radius 1 is 0.654 bits per heavy atom. The van der Waals surface area contributed by atoms with Crippen molar-refractivity contribution in [1.82, 2.24) is 0 Å². The molecule has 0 rings (SSSR count). The molecule has 0 spiro atoms. The first-order valence-corrected chi connectivity index (χ1v) is 10.6. The quantitative estimate of drug-likeness (QED) is 0.192. The van der Waals surface area contributed by atoms with Crippen molar-refractivity contribution in [2.75, 3.05) is 26.4 Å². The maximum Gasteiger partial charge on any atom is 0.185 e. The van der Waals surface area contributed by atoms with Crippen LogP contribution in [0.1, 0.15) is 90.4 Å². The summed E-state index contributed by atoms with van der Waals surface area (Å²) >= 11 is 3.77. The van der Waals surface area contributed by atoms with E-state index in [4.69, 9.17) is 20.4 Å². The van der Waals surface area contributed by atoms with E-state index in [2.05, 4.69) is 19.6 Å². The minimum atomic E-state index is -1.11. The molecule has 0 aromatic carbocycles. The lowest BCUT2D eigenvalue weighted by atomic mass is 9.93. The van der Waals surface area contributed by atoms with Crippen LogP contribution in [0.15, 0.2) is 0 Å². The normalized spacial score (nSPS) is 11.2. The van der Waals surface area contributed by atoms with E-state index in [1.165, 1.54) is 70.6 Å². The highest BCUT2D eigenvalue weighted by atomic mass is 32.1. The first kappa shape index (κ1) is 28.1. The van der Waals surface area contributed by atoms with Gasteiger partial charge < -0.3 is 20.4 Å². The van der Waals surface area contributed by atoms with E-state index in [1.807, 2.05) is 0 Å². The fourth-order valence-corrected chi connectivity index (χ4v) is 2.58. The van der Waals surface area contributed by atoms with Gasteiger partial charge in [-0.05, 0) is 6.42 Å². The Morgan fingerprint density at radius 2 is 0.962 bits per heavy atom. The van der Waals surface area contributed by atoms with Gasteiger partial charge in [-0.15, -0.1) is 12.6 Å². The van der Waals surface area contributed by atoms with E-state index in [0.29, 0.717) is 6.42 Å². The zero-order chi connectivity index (χ0) is 20.1. The highest BCUT2D eigenvalue weighted by molar-refractivity contribution is 7.96. The summed E-state index contributed by atoms with van der Waals surface area (Å²) in [5.41, 5.74) is -1.11. The molecular weight excluding hydrogens is 352 g/mol. The fourth-order valence-electron chi connectivity index (χ4n) is 2.42. The zero-order valence-corrected chi connectivity index (χ0v) is 17.6. The van der Waals surface area contributed by atoms with Crippen LogP contribution in [0.5, 0.6) is 0 Å². The summed E-state index contributed by atoms with van der Waals surface area (Å²) in [5, 5.41) is 34.0. The van der Waals surface area contributed by atoms with Crippen LogP contribution in [0.2, 0.25) is 0 Å². The maximum atomic E-state index is 10.6. The van der Waals surface area contributed by atoms with Crippen molar-refractivity contribution < 1.29 is 25.2 Å². The Morgan fingerprint density at radius 3 is 1.19 bits per heavy atom. The molecule has 0 saturated carbocycles. The maximum absolute atomic E-state index is 10.6. The standard InChI is InChI=1S/C15H30OS.C5H12O4/c1-2-3-4-5-6-7-8-9-10-11-12-13-14-15(16)17;6-1-5(2-7,3-8)4-9/h2-14H2,1H3,(H,16,17);6-9H,1-4H2. The number of aliphatic hydroxyl groups excluding tert-OH is 4. The number of hydrogen-bond acceptors (Lipinski definition) is 5. The SMILES string of the molecule is CCCCCCCCCCCCCCC(=O)S.OCC(CO)(CO)CO. The molecule has 0 radical (unpaired) electrons. The Labute approximate surface area is 165 Å². The van der Waals surface area contributed by atoms with Gasteiger partial charge in [-0.3, -0.25) is 4.79 Å². The van der Waals surface area contributed by atoms with Gasteiger partial charge in [-0.2, -0.15) is 0 Å². The molecule has 158 valence electrons. The van der Waals surface area contributed by atoms with E-state index < -0.39 is 31.8 Å². The summed E-state index contributed by atoms with van der Waals surface area (Å²) in [4.78, 5) is 10.6. The Kier molecular flexibility index (Phi) is 22.9. The molecule has 0 amide bonds. The van der Waals surface area contributed by atoms with E-state index in [-0.39, 0.29) is 5.12 Å². The minimum absolute atomic E-state index is 0.0390. The van der Waals surface area contributed by atoms with Gasteiger partial charge in [0.05, 0.1) is 31.8 Å². The number of aliphatic hydroxyl groups is 4. The smallest absolute Gasteiger partial charge is 0.185 e. The molecule has 0 bridgehead atoms. The third kappa shape index (κ3) is 18.6. The van der Waals surface area contributed by atoms with Crippen LogP contribution in [-0.2, 0) is 4.79 Å². The number of carbonyl (C=O) groups excluding carboxylic acids is 1. The average molecular weight is 395 g/mol. The van der Waals surface area contributed by atoms with Gasteiger partial charge in [-0.25, -0.2) is 0 Å². The summed E-state index contributed by atoms with van der Waals surface area (Å²) in [6, 6.07) is 0. The number of carbonyl (C=O) groups is 1. The lowest BCUT2D eigenvalue weighted by Gasteiger charge is -2.23. The largest absolute Gasteiger partial charge is 0.396 e. The van der Waals surface area contributed by atoms with Crippen molar-refractivity contribution in [2.45, 2.75) is 90.4 Å². The van der Waals surface area contributed by atoms with Crippen LogP contribution in [0.3, 0.4) is 0 Å². The summed E-state index contributed by atoms with van der Waals surface area (Å²) in [6.07, 6.45) is 16.7. The van der Waals surface area contributed by atoms with Crippen molar-refractivity contribution in [3.05, 3.63) is 0 Å². The molecule has 0 aliphatic carbocycles. The molecule has 0 aliphatic heterocycles. The van der Waals surface area contributed by atoms with Crippen LogP contribution in [-0.4, -0.2) is 52.0 Å². The number of rotatable bonds is 17. The Bertz CT molecular complexity index is 278. The van der Waals surface area contributed by atoms with Crippen molar-refractivity contribution in [2.24, 2.45) is 5.41 Å². The molecule has 0 aromatic heterocycles. The molecule has 5 nitrogen and oxygen atoms in total. The summed E-state index contributed by atoms with van der Waals surface area (Å²) in [5.74, 6) is 0. The van der Waals surface area contributed by atoms with E-state index >= 15 is 0 Å². The van der Waals surface area contributed by atoms with Crippen LogP contribution < -0.4 is 0 Å². The minimum Gasteiger partial charge on any atom is -0.396 e. The van der Waals surface area contributed by atoms with E-state index in [1.54, 1.807) is 0 Å². The fraction of sp³-hybridized carbons (Fsp3) is 0.950. The number of thiol groups is 1. The first-order chi connectivity index (χ1) is 12.5. The summed E-state index contributed by atoms with van der Waals surface area (Å²) in [7, 11) is 0. The van der Waals surface area contributed by atoms with E-state index in [0.717, 1.165) is 6.42 Å². The van der Waals surface area contributed by atoms with Gasteiger partial charge >= 0.3 is 0 Å². The molecule has 0 atom stereocenters. The predicted octanol–water partition coefficient (Wildman–Crippen LogP) is 3.48. The summed E-state index contributed by atoms with van der Waals surface area (Å²) in [6.45, 7) is 0.640. The van der Waals surface area contributed by atoms with Crippen LogP contribution >= 0.6 is 12.6 Å². The van der Waals surface area contributed by atoms with Crippen LogP contribution in [0, 0.1) is 5.41 Å². The highest BCUT2D eigenvalue weighted by Crippen LogP contribution is 2.13. The van der Waals surface area contributed by atoms with Crippen molar-refractivity contribution in [3.63, 3.8) is 0 Å². The predicted molar refractivity (Wildman–Crippen MR) is 110 cm³/mol. The number of hydrogen-bond donors (Lipinski definition) is 5. The second-order valence-corrected chi connectivity index (χ2v) is 7.66. The second-order valence-electron chi connectivity index (χ2n) is 7.17. The molecule has 0 aromatic rings. The summed E-state index contributed by atoms with van der Waals surface area (Å²) < 4.78 is 0. The molecular formula is C20H42O5S. The number of unbranched alkanes of at least 4 members (excludes halogenated alkanes) is 11. The molecule has 0 saturated heterocycles. The molecule has 6 heteroatoms. The second kappa shape index (κ2) is 21.2. The van der Waals surface area contributed by atoms with Gasteiger partial charge in [-0.1, -0.05) is 77.6 Å². The molecule has 0 fully saturated rings. The monoisotopic (exact) mass is 394 g/mol. The molecule has 0 heterocycles. The van der Waals surface area contributed by atoms with Gasteiger partial charge in [0, 0.05) is 6.42 Å². The van der Waals surface area contributed by atoms with Crippen molar-refractivity contribution in [1.29, 1.82) is 0 Å². The van der Waals surface area contributed by atoms with Gasteiger partial charge in [0.1, 0.15) is 0 Å². The average Bonchev–Trinajstić information content (AvgIpc) is 2.65. The Balaban J connectivity index is 0. The zero-order valence-electron chi connectivity index (χ0n) is 16.7. The molecule has 26 heavy (non-hydrogen) atoms. The molecule has 4 N–H and O–H groups in total. The van der Waals surface area contributed by atoms with Crippen LogP contribution in [0.25, 0.3) is 0 Å². The third-order valence-electron chi connectivity index (χ3n) is 4.59. The van der Waals surface area contributed by atoms with Gasteiger partial charge in [0.25, 0.3) is 0 Å². The molecule has 0 unspecified atom stereocenters. The van der Waals surface area contributed by atoms with Crippen LogP contribution in [0.4, 0.5) is 0 Å². The van der Waals surface area contributed by atoms with Gasteiger partial charge in [0.15, 0.2) is 5.12 Å². The molecule has 0 aliphatic rings. The highest BCUT2D eigenvalue weighted by Gasteiger charge is 2.26. The lowest BCUT2D eigenvalue weighted by Crippen LogP contribution is -2.37. The lowest BCUT2D eigenvalue weighted by molar-refractivity contribution is -0.110. The van der Waals surface area contributed by atoms with Crippen molar-refractivity contribution in [3.8, 4) is 0 Å². The van der Waals surface area contributed by atoms with Crippen molar-refractivity contribution >= 4 is 17.7 Å². The third-order valence-corrected chi connectivity index (χ3v) is 4.81. The topological polar surface area (TPSA) is 98.0 Å². The first-order valence-electron chi connectivity index (χ1n) is 10.2. The Hall–Kier alpha value is -0.140. The van der Waals surface area contributed by atoms with Gasteiger partial charge in [0.2, 0.25) is 0 Å². The van der Waals surface area contributed by atoms with E-state index in [9.17, 15) is 4.79 Å².